The summed E-state index contributed by atoms with van der Waals surface area (Å²) in [5.41, 5.74) is 2.34. The monoisotopic (exact) mass is 476 g/mol. The van der Waals surface area contributed by atoms with E-state index in [9.17, 15) is 19.5 Å². The van der Waals surface area contributed by atoms with Gasteiger partial charge in [0.05, 0.1) is 11.6 Å². The van der Waals surface area contributed by atoms with Crippen molar-refractivity contribution < 1.29 is 24.7 Å². The fourth-order valence-corrected chi connectivity index (χ4v) is 4.03. The van der Waals surface area contributed by atoms with E-state index in [0.717, 1.165) is 11.3 Å². The first-order chi connectivity index (χ1) is 15.4. The molecule has 2 aromatic rings. The zero-order chi connectivity index (χ0) is 24.8. The molecule has 0 aliphatic carbocycles. The molecule has 2 rings (SSSR count). The summed E-state index contributed by atoms with van der Waals surface area (Å²) in [6.07, 6.45) is -1.57. The first-order valence-corrected chi connectivity index (χ1v) is 11.6. The number of hydrogen-bond donors (Lipinski definition) is 5. The van der Waals surface area contributed by atoms with Crippen LogP contribution in [-0.4, -0.2) is 45.2 Å². The summed E-state index contributed by atoms with van der Waals surface area (Å²) < 4.78 is 0. The molecule has 0 fully saturated rings. The van der Waals surface area contributed by atoms with Crippen LogP contribution in [0.3, 0.4) is 0 Å². The van der Waals surface area contributed by atoms with Crippen LogP contribution in [-0.2, 0) is 14.4 Å². The van der Waals surface area contributed by atoms with Gasteiger partial charge in [-0.3, -0.25) is 19.6 Å². The Kier molecular flexibility index (Phi) is 9.09. The van der Waals surface area contributed by atoms with Crippen LogP contribution in [0.25, 0.3) is 11.3 Å². The van der Waals surface area contributed by atoms with Crippen LogP contribution in [0, 0.1) is 17.3 Å². The summed E-state index contributed by atoms with van der Waals surface area (Å²) in [5, 5.41) is 26.8. The highest BCUT2D eigenvalue weighted by molar-refractivity contribution is 7.14. The summed E-state index contributed by atoms with van der Waals surface area (Å²) in [7, 11) is 0. The first-order valence-electron chi connectivity index (χ1n) is 10.7. The molecule has 0 saturated carbocycles. The van der Waals surface area contributed by atoms with E-state index in [0.29, 0.717) is 5.13 Å². The normalized spacial score (nSPS) is 14.3. The van der Waals surface area contributed by atoms with E-state index >= 15 is 0 Å². The molecule has 33 heavy (non-hydrogen) atoms. The summed E-state index contributed by atoms with van der Waals surface area (Å²) >= 11 is 1.27. The Morgan fingerprint density at radius 1 is 1.06 bits per heavy atom. The topological polar surface area (TPSA) is 141 Å². The van der Waals surface area contributed by atoms with Gasteiger partial charge in [0.25, 0.3) is 5.91 Å². The van der Waals surface area contributed by atoms with Gasteiger partial charge >= 0.3 is 0 Å². The van der Waals surface area contributed by atoms with Crippen molar-refractivity contribution in [3.05, 3.63) is 35.7 Å². The number of carbonyl (C=O) groups is 3. The number of anilines is 1. The van der Waals surface area contributed by atoms with E-state index in [4.69, 9.17) is 5.21 Å². The second-order valence-corrected chi connectivity index (χ2v) is 10.2. The van der Waals surface area contributed by atoms with Gasteiger partial charge in [0.2, 0.25) is 11.8 Å². The van der Waals surface area contributed by atoms with Crippen LogP contribution in [0.15, 0.2) is 35.7 Å². The van der Waals surface area contributed by atoms with Gasteiger partial charge in [-0.05, 0) is 17.8 Å². The van der Waals surface area contributed by atoms with Crippen molar-refractivity contribution in [2.45, 2.75) is 53.2 Å². The molecule has 1 aromatic carbocycles. The molecule has 5 N–H and O–H groups in total. The smallest absolute Gasteiger partial charge is 0.272 e. The molecular formula is C23H32N4O5S. The Morgan fingerprint density at radius 3 is 2.24 bits per heavy atom. The molecule has 0 radical (unpaired) electrons. The Balaban J connectivity index is 2.19. The number of nitrogens with zero attached hydrogens (tertiary/aromatic N) is 1. The molecule has 0 aliphatic rings. The lowest BCUT2D eigenvalue weighted by Crippen LogP contribution is -2.55. The average molecular weight is 477 g/mol. The van der Waals surface area contributed by atoms with Gasteiger partial charge in [0, 0.05) is 10.9 Å². The molecule has 3 amide bonds. The largest absolute Gasteiger partial charge is 0.382 e. The Morgan fingerprint density at radius 2 is 1.70 bits per heavy atom. The number of aromatic nitrogens is 1. The maximum atomic E-state index is 13.1. The third-order valence-electron chi connectivity index (χ3n) is 5.04. The predicted octanol–water partition coefficient (Wildman–Crippen LogP) is 2.81. The molecule has 1 aromatic heterocycles. The molecule has 0 bridgehead atoms. The van der Waals surface area contributed by atoms with Crippen molar-refractivity contribution in [3.63, 3.8) is 0 Å². The van der Waals surface area contributed by atoms with Crippen molar-refractivity contribution in [3.8, 4) is 11.3 Å². The van der Waals surface area contributed by atoms with Gasteiger partial charge in [-0.2, -0.15) is 0 Å². The van der Waals surface area contributed by atoms with E-state index in [2.05, 4.69) is 15.6 Å². The van der Waals surface area contributed by atoms with Crippen molar-refractivity contribution in [2.24, 2.45) is 17.3 Å². The van der Waals surface area contributed by atoms with Crippen molar-refractivity contribution in [2.75, 3.05) is 5.32 Å². The second-order valence-electron chi connectivity index (χ2n) is 9.36. The van der Waals surface area contributed by atoms with Crippen LogP contribution in [0.5, 0.6) is 0 Å². The van der Waals surface area contributed by atoms with E-state index in [1.807, 2.05) is 49.6 Å². The molecule has 0 saturated heterocycles. The molecule has 0 aliphatic heterocycles. The lowest BCUT2D eigenvalue weighted by molar-refractivity contribution is -0.147. The zero-order valence-electron chi connectivity index (χ0n) is 19.5. The molecule has 180 valence electrons. The van der Waals surface area contributed by atoms with E-state index in [-0.39, 0.29) is 12.3 Å². The highest BCUT2D eigenvalue weighted by atomic mass is 32.1. The fourth-order valence-electron chi connectivity index (χ4n) is 3.31. The zero-order valence-corrected chi connectivity index (χ0v) is 20.3. The fraction of sp³-hybridized carbons (Fsp3) is 0.478. The number of amides is 3. The highest BCUT2D eigenvalue weighted by Crippen LogP contribution is 2.27. The number of rotatable bonds is 9. The van der Waals surface area contributed by atoms with E-state index in [1.165, 1.54) is 16.8 Å². The molecule has 10 heteroatoms. The van der Waals surface area contributed by atoms with Crippen LogP contribution < -0.4 is 16.1 Å². The first kappa shape index (κ1) is 26.4. The second kappa shape index (κ2) is 11.4. The molecule has 3 atom stereocenters. The Bertz CT molecular complexity index is 955. The van der Waals surface area contributed by atoms with Crippen molar-refractivity contribution in [1.29, 1.82) is 0 Å². The average Bonchev–Trinajstić information content (AvgIpc) is 3.22. The molecule has 1 heterocycles. The van der Waals surface area contributed by atoms with E-state index < -0.39 is 41.2 Å². The van der Waals surface area contributed by atoms with Gasteiger partial charge in [-0.25, -0.2) is 10.5 Å². The van der Waals surface area contributed by atoms with Gasteiger partial charge in [0.1, 0.15) is 12.1 Å². The van der Waals surface area contributed by atoms with Gasteiger partial charge < -0.3 is 15.7 Å². The number of benzene rings is 1. The van der Waals surface area contributed by atoms with Gasteiger partial charge in [-0.1, -0.05) is 65.0 Å². The van der Waals surface area contributed by atoms with Crippen molar-refractivity contribution >= 4 is 34.2 Å². The summed E-state index contributed by atoms with van der Waals surface area (Å²) in [6, 6.07) is 8.58. The number of carbonyl (C=O) groups excluding carboxylic acids is 3. The molecular weight excluding hydrogens is 444 g/mol. The lowest BCUT2D eigenvalue weighted by atomic mass is 9.84. The standard InChI is InChI=1S/C23H32N4O5S/c1-13(2)11-15(17(28)20(30)27-32)19(29)25-18(23(3,4)5)21(31)26-22-24-16(12-33-22)14-9-7-6-8-10-14/h6-10,12-13,15,17-18,28,32H,11H2,1-5H3,(H,25,29)(H,27,30)(H,24,26,31)/t15-,17?,18-/m1/s1. The maximum absolute atomic E-state index is 13.1. The Labute approximate surface area is 197 Å². The highest BCUT2D eigenvalue weighted by Gasteiger charge is 2.38. The third-order valence-corrected chi connectivity index (χ3v) is 5.80. The van der Waals surface area contributed by atoms with Crippen LogP contribution >= 0.6 is 11.3 Å². The van der Waals surface area contributed by atoms with Gasteiger partial charge in [-0.15, -0.1) is 11.3 Å². The van der Waals surface area contributed by atoms with Crippen LogP contribution in [0.2, 0.25) is 0 Å². The van der Waals surface area contributed by atoms with Gasteiger partial charge in [0.15, 0.2) is 5.13 Å². The number of thiazole rings is 1. The minimum absolute atomic E-state index is 0.0180. The quantitative estimate of drug-likeness (QED) is 0.278. The number of aliphatic hydroxyl groups excluding tert-OH is 1. The summed E-state index contributed by atoms with van der Waals surface area (Å²) in [5.74, 6) is -3.35. The maximum Gasteiger partial charge on any atom is 0.272 e. The Hall–Kier alpha value is -2.82. The SMILES string of the molecule is CC(C)C[C@@H](C(=O)N[C@H](C(=O)Nc1nc(-c2ccccc2)cs1)C(C)(C)C)C(O)C(=O)NO. The lowest BCUT2D eigenvalue weighted by Gasteiger charge is -2.32. The summed E-state index contributed by atoms with van der Waals surface area (Å²) in [6.45, 7) is 9.06. The number of nitrogens with one attached hydrogen (secondary N) is 3. The molecule has 9 nitrogen and oxygen atoms in total. The predicted molar refractivity (Wildman–Crippen MR) is 126 cm³/mol. The minimum Gasteiger partial charge on any atom is -0.382 e. The number of hydrogen-bond acceptors (Lipinski definition) is 7. The third kappa shape index (κ3) is 7.34. The molecule has 1 unspecified atom stereocenters. The minimum atomic E-state index is -1.76. The van der Waals surface area contributed by atoms with Crippen LogP contribution in [0.1, 0.15) is 41.0 Å². The number of aliphatic hydroxyl groups is 1. The number of hydroxylamine groups is 1. The van der Waals surface area contributed by atoms with Crippen LogP contribution in [0.4, 0.5) is 5.13 Å². The molecule has 0 spiro atoms. The van der Waals surface area contributed by atoms with E-state index in [1.54, 1.807) is 20.8 Å². The van der Waals surface area contributed by atoms with Crippen molar-refractivity contribution in [1.82, 2.24) is 15.8 Å². The summed E-state index contributed by atoms with van der Waals surface area (Å²) in [4.78, 5) is 42.3.